The van der Waals surface area contributed by atoms with Crippen LogP contribution in [0.3, 0.4) is 0 Å². The summed E-state index contributed by atoms with van der Waals surface area (Å²) in [5, 5.41) is 25.5. The number of nitrogens with one attached hydrogen (secondary N) is 2. The smallest absolute Gasteiger partial charge is 0.0940 e. The molecule has 0 saturated heterocycles. The van der Waals surface area contributed by atoms with Crippen LogP contribution in [-0.4, -0.2) is 36.4 Å². The minimum absolute atomic E-state index is 0.0902. The maximum absolute atomic E-state index is 9.73. The first kappa shape index (κ1) is 20.3. The topological polar surface area (TPSA) is 64.5 Å². The Bertz CT molecular complexity index is 497. The number of benzene rings is 2. The molecule has 0 aliphatic rings. The van der Waals surface area contributed by atoms with Crippen molar-refractivity contribution in [2.75, 3.05) is 14.1 Å². The molecule has 0 spiro atoms. The van der Waals surface area contributed by atoms with Crippen LogP contribution in [0.15, 0.2) is 60.7 Å². The summed E-state index contributed by atoms with van der Waals surface area (Å²) in [7, 11) is 3.69. The van der Waals surface area contributed by atoms with Crippen molar-refractivity contribution in [3.8, 4) is 0 Å². The second-order valence-corrected chi connectivity index (χ2v) is 5.87. The van der Waals surface area contributed by atoms with Gasteiger partial charge in [-0.25, -0.2) is 0 Å². The van der Waals surface area contributed by atoms with Gasteiger partial charge in [-0.15, -0.1) is 0 Å². The molecule has 0 fully saturated rings. The molecule has 4 heteroatoms. The van der Waals surface area contributed by atoms with Gasteiger partial charge in [0.15, 0.2) is 0 Å². The van der Waals surface area contributed by atoms with Crippen LogP contribution in [0, 0.1) is 0 Å². The maximum atomic E-state index is 9.73. The molecule has 132 valence electrons. The molecule has 2 rings (SSSR count). The van der Waals surface area contributed by atoms with Gasteiger partial charge >= 0.3 is 0 Å². The Kier molecular flexibility index (Phi) is 9.27. The van der Waals surface area contributed by atoms with E-state index in [1.54, 1.807) is 0 Å². The molecule has 0 radical (unpaired) electrons. The fourth-order valence-corrected chi connectivity index (χ4v) is 2.19. The van der Waals surface area contributed by atoms with Crippen LogP contribution in [0.2, 0.25) is 0 Å². The average Bonchev–Trinajstić information content (AvgIpc) is 2.67. The molecule has 2 aromatic carbocycles. The number of hydrogen-bond acceptors (Lipinski definition) is 4. The standard InChI is InChI=1S/2C10H15NO/c2*1-8(11-2)10(12)9-6-4-3-5-7-9/h2*3-8,10-12H,1-2H3/t2*8-,10+/m10/s1. The minimum atomic E-state index is -0.420. The Hall–Kier alpha value is -1.72. The van der Waals surface area contributed by atoms with Crippen molar-refractivity contribution in [2.45, 2.75) is 38.1 Å². The predicted molar refractivity (Wildman–Crippen MR) is 99.8 cm³/mol. The van der Waals surface area contributed by atoms with Gasteiger partial charge in [0.05, 0.1) is 12.2 Å². The fourth-order valence-electron chi connectivity index (χ4n) is 2.19. The van der Waals surface area contributed by atoms with Gasteiger partial charge in [0.2, 0.25) is 0 Å². The molecule has 0 bridgehead atoms. The normalized spacial score (nSPS) is 15.6. The van der Waals surface area contributed by atoms with Crippen LogP contribution in [0.4, 0.5) is 0 Å². The first-order valence-corrected chi connectivity index (χ1v) is 8.31. The molecule has 0 unspecified atom stereocenters. The highest BCUT2D eigenvalue weighted by Crippen LogP contribution is 2.16. The molecule has 2 aromatic rings. The van der Waals surface area contributed by atoms with E-state index in [4.69, 9.17) is 0 Å². The number of rotatable bonds is 6. The maximum Gasteiger partial charge on any atom is 0.0940 e. The van der Waals surface area contributed by atoms with E-state index in [1.165, 1.54) is 0 Å². The Morgan fingerprint density at radius 1 is 0.625 bits per heavy atom. The molecule has 0 aliphatic carbocycles. The minimum Gasteiger partial charge on any atom is -0.387 e. The first-order valence-electron chi connectivity index (χ1n) is 8.31. The van der Waals surface area contributed by atoms with Crippen LogP contribution < -0.4 is 10.6 Å². The van der Waals surface area contributed by atoms with Crippen molar-refractivity contribution in [2.24, 2.45) is 0 Å². The lowest BCUT2D eigenvalue weighted by molar-refractivity contribution is 0.140. The molecular weight excluding hydrogens is 300 g/mol. The average molecular weight is 330 g/mol. The zero-order chi connectivity index (χ0) is 17.9. The molecule has 0 aromatic heterocycles. The van der Waals surface area contributed by atoms with Gasteiger partial charge in [-0.05, 0) is 39.1 Å². The third-order valence-electron chi connectivity index (χ3n) is 4.14. The van der Waals surface area contributed by atoms with E-state index in [1.807, 2.05) is 88.6 Å². The molecule has 0 aliphatic heterocycles. The van der Waals surface area contributed by atoms with Crippen molar-refractivity contribution in [3.05, 3.63) is 71.8 Å². The summed E-state index contributed by atoms with van der Waals surface area (Å²) in [5.41, 5.74) is 1.92. The summed E-state index contributed by atoms with van der Waals surface area (Å²) in [4.78, 5) is 0. The zero-order valence-corrected chi connectivity index (χ0v) is 15.0. The van der Waals surface area contributed by atoms with E-state index in [0.29, 0.717) is 0 Å². The van der Waals surface area contributed by atoms with Gasteiger partial charge < -0.3 is 20.8 Å². The molecule has 0 saturated carbocycles. The Balaban J connectivity index is 0.000000240. The summed E-state index contributed by atoms with van der Waals surface area (Å²) < 4.78 is 0. The summed E-state index contributed by atoms with van der Waals surface area (Å²) in [6.07, 6.45) is -0.840. The number of aliphatic hydroxyl groups is 2. The second-order valence-electron chi connectivity index (χ2n) is 5.87. The number of likely N-dealkylation sites (N-methyl/N-ethyl adjacent to an activating group) is 2. The summed E-state index contributed by atoms with van der Waals surface area (Å²) in [6, 6.07) is 19.5. The van der Waals surface area contributed by atoms with Crippen LogP contribution in [0.5, 0.6) is 0 Å². The highest BCUT2D eigenvalue weighted by atomic mass is 16.3. The first-order chi connectivity index (χ1) is 11.5. The lowest BCUT2D eigenvalue weighted by Gasteiger charge is -2.17. The van der Waals surface area contributed by atoms with Crippen molar-refractivity contribution < 1.29 is 10.2 Å². The summed E-state index contributed by atoms with van der Waals surface area (Å²) in [6.45, 7) is 3.91. The molecule has 4 nitrogen and oxygen atoms in total. The molecule has 4 atom stereocenters. The number of hydrogen-bond donors (Lipinski definition) is 4. The van der Waals surface area contributed by atoms with Crippen molar-refractivity contribution in [3.63, 3.8) is 0 Å². The van der Waals surface area contributed by atoms with Gasteiger partial charge in [0, 0.05) is 12.1 Å². The second kappa shape index (κ2) is 10.9. The highest BCUT2D eigenvalue weighted by Gasteiger charge is 2.13. The monoisotopic (exact) mass is 330 g/mol. The molecular formula is C20H30N2O2. The van der Waals surface area contributed by atoms with Gasteiger partial charge in [-0.2, -0.15) is 0 Å². The molecule has 0 heterocycles. The van der Waals surface area contributed by atoms with Gasteiger partial charge in [0.25, 0.3) is 0 Å². The Labute approximate surface area is 145 Å². The molecule has 0 amide bonds. The molecule has 4 N–H and O–H groups in total. The van der Waals surface area contributed by atoms with Crippen molar-refractivity contribution in [1.29, 1.82) is 0 Å². The third kappa shape index (κ3) is 6.42. The van der Waals surface area contributed by atoms with Crippen molar-refractivity contribution in [1.82, 2.24) is 10.6 Å². The van der Waals surface area contributed by atoms with E-state index in [9.17, 15) is 10.2 Å². The fraction of sp³-hybridized carbons (Fsp3) is 0.400. The summed E-state index contributed by atoms with van der Waals surface area (Å²) >= 11 is 0. The SMILES string of the molecule is CN[C@@H](C)[C@@H](O)c1ccccc1.CN[C@H](C)[C@H](O)c1ccccc1. The van der Waals surface area contributed by atoms with E-state index in [2.05, 4.69) is 10.6 Å². The largest absolute Gasteiger partial charge is 0.387 e. The number of aliphatic hydroxyl groups excluding tert-OH is 2. The van der Waals surface area contributed by atoms with Crippen molar-refractivity contribution >= 4 is 0 Å². The molecule has 24 heavy (non-hydrogen) atoms. The predicted octanol–water partition coefficient (Wildman–Crippen LogP) is 2.66. The third-order valence-corrected chi connectivity index (χ3v) is 4.14. The van der Waals surface area contributed by atoms with E-state index in [-0.39, 0.29) is 12.1 Å². The van der Waals surface area contributed by atoms with E-state index in [0.717, 1.165) is 11.1 Å². The van der Waals surface area contributed by atoms with Gasteiger partial charge in [0.1, 0.15) is 0 Å². The van der Waals surface area contributed by atoms with E-state index >= 15 is 0 Å². The van der Waals surface area contributed by atoms with Crippen LogP contribution in [0.1, 0.15) is 37.2 Å². The van der Waals surface area contributed by atoms with Gasteiger partial charge in [-0.3, -0.25) is 0 Å². The zero-order valence-electron chi connectivity index (χ0n) is 15.0. The van der Waals surface area contributed by atoms with Crippen LogP contribution in [0.25, 0.3) is 0 Å². The highest BCUT2D eigenvalue weighted by molar-refractivity contribution is 5.19. The van der Waals surface area contributed by atoms with Crippen LogP contribution in [-0.2, 0) is 0 Å². The van der Waals surface area contributed by atoms with Crippen LogP contribution >= 0.6 is 0 Å². The lowest BCUT2D eigenvalue weighted by atomic mass is 10.0. The lowest BCUT2D eigenvalue weighted by Crippen LogP contribution is -2.28. The summed E-state index contributed by atoms with van der Waals surface area (Å²) in [5.74, 6) is 0. The van der Waals surface area contributed by atoms with E-state index < -0.39 is 12.2 Å². The van der Waals surface area contributed by atoms with Gasteiger partial charge in [-0.1, -0.05) is 60.7 Å². The Morgan fingerprint density at radius 2 is 0.917 bits per heavy atom. The Morgan fingerprint density at radius 3 is 1.17 bits per heavy atom. The quantitative estimate of drug-likeness (QED) is 0.657.